The minimum Gasteiger partial charge on any atom is -0.527 e. The summed E-state index contributed by atoms with van der Waals surface area (Å²) in [4.78, 5) is 0. The molecule has 0 fully saturated rings. The standard InChI is InChI=1S/C18H21BCl2O4/c1-11(2)22-13-5-7-17(15(20)9-13)24-19-25-18-8-6-14(10-16(18)21)23-12(3)4/h5-12,19H,1-4H3. The lowest BCUT2D eigenvalue weighted by Crippen LogP contribution is -2.12. The Balaban J connectivity index is 1.92. The van der Waals surface area contributed by atoms with E-state index in [-0.39, 0.29) is 19.9 Å². The van der Waals surface area contributed by atoms with Gasteiger partial charge in [0.2, 0.25) is 0 Å². The fourth-order valence-corrected chi connectivity index (χ4v) is 2.49. The molecule has 0 radical (unpaired) electrons. The van der Waals surface area contributed by atoms with Crippen LogP contribution < -0.4 is 18.8 Å². The molecule has 0 unspecified atom stereocenters. The highest BCUT2D eigenvalue weighted by Crippen LogP contribution is 2.31. The SMILES string of the molecule is CC(C)Oc1ccc(OBOc2ccc(OC(C)C)cc2Cl)c(Cl)c1. The van der Waals surface area contributed by atoms with Crippen LogP contribution in [0.4, 0.5) is 0 Å². The molecule has 0 aliphatic carbocycles. The molecule has 0 amide bonds. The van der Waals surface area contributed by atoms with Crippen LogP contribution in [0.1, 0.15) is 27.7 Å². The Kier molecular flexibility index (Phi) is 7.15. The van der Waals surface area contributed by atoms with Crippen molar-refractivity contribution in [3.63, 3.8) is 0 Å². The van der Waals surface area contributed by atoms with E-state index in [9.17, 15) is 0 Å². The van der Waals surface area contributed by atoms with Crippen LogP contribution >= 0.6 is 23.2 Å². The van der Waals surface area contributed by atoms with Gasteiger partial charge in [-0.3, -0.25) is 0 Å². The highest BCUT2D eigenvalue weighted by molar-refractivity contribution is 6.34. The van der Waals surface area contributed by atoms with Crippen LogP contribution in [0.25, 0.3) is 0 Å². The molecule has 2 rings (SSSR count). The molecule has 0 heterocycles. The van der Waals surface area contributed by atoms with Gasteiger partial charge < -0.3 is 18.8 Å². The maximum absolute atomic E-state index is 6.19. The third kappa shape index (κ3) is 6.26. The molecule has 0 spiro atoms. The first-order valence-electron chi connectivity index (χ1n) is 8.03. The summed E-state index contributed by atoms with van der Waals surface area (Å²) < 4.78 is 22.3. The largest absolute Gasteiger partial charge is 0.576 e. The molecule has 0 bridgehead atoms. The van der Waals surface area contributed by atoms with Gasteiger partial charge in [-0.1, -0.05) is 23.2 Å². The highest BCUT2D eigenvalue weighted by Gasteiger charge is 2.09. The van der Waals surface area contributed by atoms with Gasteiger partial charge in [-0.15, -0.1) is 0 Å². The summed E-state index contributed by atoms with van der Waals surface area (Å²) in [7, 11) is -0.0196. The van der Waals surface area contributed by atoms with E-state index >= 15 is 0 Å². The van der Waals surface area contributed by atoms with Crippen LogP contribution in [-0.4, -0.2) is 19.9 Å². The number of hydrogen-bond acceptors (Lipinski definition) is 4. The summed E-state index contributed by atoms with van der Waals surface area (Å²) in [6, 6.07) is 10.5. The molecule has 25 heavy (non-hydrogen) atoms. The Hall–Kier alpha value is -1.72. The molecular formula is C18H21BCl2O4. The molecule has 0 N–H and O–H groups in total. The molecule has 0 aromatic heterocycles. The van der Waals surface area contributed by atoms with Gasteiger partial charge in [-0.05, 0) is 52.0 Å². The Bertz CT molecular complexity index is 648. The second-order valence-corrected chi connectivity index (χ2v) is 6.74. The summed E-state index contributed by atoms with van der Waals surface area (Å²) in [5.41, 5.74) is 0. The number of rotatable bonds is 8. The maximum atomic E-state index is 6.19. The van der Waals surface area contributed by atoms with Crippen LogP contribution in [-0.2, 0) is 0 Å². The van der Waals surface area contributed by atoms with Crippen molar-refractivity contribution in [3.8, 4) is 23.0 Å². The number of halogens is 2. The van der Waals surface area contributed by atoms with Crippen molar-refractivity contribution in [1.29, 1.82) is 0 Å². The predicted molar refractivity (Wildman–Crippen MR) is 103 cm³/mol. The van der Waals surface area contributed by atoms with E-state index < -0.39 is 0 Å². The summed E-state index contributed by atoms with van der Waals surface area (Å²) in [5, 5.41) is 0.905. The van der Waals surface area contributed by atoms with Gasteiger partial charge in [0.15, 0.2) is 0 Å². The quantitative estimate of drug-likeness (QED) is 0.581. The van der Waals surface area contributed by atoms with Crippen LogP contribution in [0.2, 0.25) is 10.0 Å². The van der Waals surface area contributed by atoms with Gasteiger partial charge in [0.05, 0.1) is 22.3 Å². The third-order valence-electron chi connectivity index (χ3n) is 2.98. The van der Waals surface area contributed by atoms with Crippen molar-refractivity contribution < 1.29 is 18.8 Å². The zero-order valence-corrected chi connectivity index (χ0v) is 16.2. The first-order chi connectivity index (χ1) is 11.8. The van der Waals surface area contributed by atoms with Crippen LogP contribution in [0, 0.1) is 0 Å². The topological polar surface area (TPSA) is 36.9 Å². The molecule has 7 heteroatoms. The van der Waals surface area contributed by atoms with E-state index in [0.717, 1.165) is 0 Å². The lowest BCUT2D eigenvalue weighted by molar-refractivity contribution is 0.242. The summed E-state index contributed by atoms with van der Waals surface area (Å²) in [5.74, 6) is 2.40. The second kappa shape index (κ2) is 9.11. The molecule has 134 valence electrons. The van der Waals surface area contributed by atoms with Gasteiger partial charge in [0.1, 0.15) is 23.0 Å². The van der Waals surface area contributed by atoms with E-state index in [0.29, 0.717) is 33.0 Å². The van der Waals surface area contributed by atoms with Crippen molar-refractivity contribution in [1.82, 2.24) is 0 Å². The molecule has 0 aliphatic rings. The van der Waals surface area contributed by atoms with E-state index in [1.807, 2.05) is 27.7 Å². The minimum atomic E-state index is -0.0196. The van der Waals surface area contributed by atoms with Gasteiger partial charge in [0, 0.05) is 12.1 Å². The summed E-state index contributed by atoms with van der Waals surface area (Å²) >= 11 is 12.4. The molecule has 2 aromatic carbocycles. The Labute approximate surface area is 159 Å². The highest BCUT2D eigenvalue weighted by atomic mass is 35.5. The monoisotopic (exact) mass is 382 g/mol. The van der Waals surface area contributed by atoms with Crippen LogP contribution in [0.15, 0.2) is 36.4 Å². The Morgan fingerprint density at radius 2 is 1.12 bits per heavy atom. The fraction of sp³-hybridized carbons (Fsp3) is 0.333. The van der Waals surface area contributed by atoms with E-state index in [4.69, 9.17) is 42.0 Å². The van der Waals surface area contributed by atoms with Gasteiger partial charge in [0.25, 0.3) is 0 Å². The van der Waals surface area contributed by atoms with Crippen molar-refractivity contribution in [2.75, 3.05) is 0 Å². The fourth-order valence-electron chi connectivity index (χ4n) is 2.04. The van der Waals surface area contributed by atoms with Crippen molar-refractivity contribution in [3.05, 3.63) is 46.4 Å². The molecule has 0 atom stereocenters. The van der Waals surface area contributed by atoms with E-state index in [1.54, 1.807) is 36.4 Å². The molecule has 0 saturated carbocycles. The predicted octanol–water partition coefficient (Wildman–Crippen LogP) is 5.29. The molecule has 4 nitrogen and oxygen atoms in total. The van der Waals surface area contributed by atoms with Crippen LogP contribution in [0.3, 0.4) is 0 Å². The zero-order chi connectivity index (χ0) is 18.4. The van der Waals surface area contributed by atoms with Crippen LogP contribution in [0.5, 0.6) is 23.0 Å². The first-order valence-corrected chi connectivity index (χ1v) is 8.78. The lowest BCUT2D eigenvalue weighted by Gasteiger charge is -2.14. The van der Waals surface area contributed by atoms with Gasteiger partial charge in [-0.2, -0.15) is 0 Å². The second-order valence-electron chi connectivity index (χ2n) is 5.92. The zero-order valence-electron chi connectivity index (χ0n) is 14.7. The molecule has 0 aliphatic heterocycles. The van der Waals surface area contributed by atoms with E-state index in [2.05, 4.69) is 0 Å². The Morgan fingerprint density at radius 3 is 1.44 bits per heavy atom. The minimum absolute atomic E-state index is 0.0196. The van der Waals surface area contributed by atoms with Crippen molar-refractivity contribution in [2.24, 2.45) is 0 Å². The number of hydrogen-bond donors (Lipinski definition) is 0. The lowest BCUT2D eigenvalue weighted by atomic mass is 10.2. The smallest absolute Gasteiger partial charge is 0.527 e. The number of ether oxygens (including phenoxy) is 2. The normalized spacial score (nSPS) is 10.7. The molecule has 0 saturated heterocycles. The van der Waals surface area contributed by atoms with E-state index in [1.165, 1.54) is 0 Å². The average molecular weight is 383 g/mol. The summed E-state index contributed by atoms with van der Waals surface area (Å²) in [6.45, 7) is 7.81. The van der Waals surface area contributed by atoms with Crippen molar-refractivity contribution >= 4 is 30.9 Å². The molecule has 2 aromatic rings. The third-order valence-corrected chi connectivity index (χ3v) is 3.57. The molecular weight excluding hydrogens is 362 g/mol. The average Bonchev–Trinajstić information content (AvgIpc) is 2.50. The van der Waals surface area contributed by atoms with Gasteiger partial charge in [-0.25, -0.2) is 0 Å². The first kappa shape index (κ1) is 19.6. The Morgan fingerprint density at radius 1 is 0.720 bits per heavy atom. The number of benzene rings is 2. The van der Waals surface area contributed by atoms with Crippen molar-refractivity contribution in [2.45, 2.75) is 39.9 Å². The van der Waals surface area contributed by atoms with Gasteiger partial charge >= 0.3 is 7.69 Å². The maximum Gasteiger partial charge on any atom is 0.576 e. The summed E-state index contributed by atoms with van der Waals surface area (Å²) in [6.07, 6.45) is 0.159.